The molecule has 1 aromatic carbocycles. The lowest BCUT2D eigenvalue weighted by Gasteiger charge is -1.92. The maximum atomic E-state index is 8.92. The molecule has 15 heavy (non-hydrogen) atoms. The second kappa shape index (κ2) is 4.15. The highest BCUT2D eigenvalue weighted by molar-refractivity contribution is 5.86. The fraction of sp³-hybridized carbons (Fsp3) is 0. The predicted octanol–water partition coefficient (Wildman–Crippen LogP) is 1.26. The van der Waals surface area contributed by atoms with Gasteiger partial charge in [0.25, 0.3) is 0 Å². The first-order chi connectivity index (χ1) is 7.40. The van der Waals surface area contributed by atoms with Gasteiger partial charge < -0.3 is 0 Å². The molecule has 0 fully saturated rings. The SMILES string of the molecule is N#C/C(=C\c1ccccc1)c1nn[nH]n1. The van der Waals surface area contributed by atoms with Gasteiger partial charge in [-0.25, -0.2) is 0 Å². The van der Waals surface area contributed by atoms with Crippen molar-refractivity contribution in [3.8, 4) is 6.07 Å². The highest BCUT2D eigenvalue weighted by atomic mass is 15.5. The molecule has 1 aromatic heterocycles. The van der Waals surface area contributed by atoms with Gasteiger partial charge in [-0.2, -0.15) is 10.5 Å². The Bertz CT molecular complexity index is 492. The van der Waals surface area contributed by atoms with Gasteiger partial charge >= 0.3 is 0 Å². The topological polar surface area (TPSA) is 78.2 Å². The second-order valence-corrected chi connectivity index (χ2v) is 2.82. The minimum absolute atomic E-state index is 0.307. The zero-order valence-electron chi connectivity index (χ0n) is 7.75. The molecular formula is C10H7N5. The van der Waals surface area contributed by atoms with Crippen LogP contribution in [0.2, 0.25) is 0 Å². The van der Waals surface area contributed by atoms with Gasteiger partial charge in [0, 0.05) is 0 Å². The quantitative estimate of drug-likeness (QED) is 0.735. The van der Waals surface area contributed by atoms with E-state index in [1.165, 1.54) is 0 Å². The molecule has 0 atom stereocenters. The molecule has 0 aliphatic carbocycles. The Labute approximate surface area is 86.1 Å². The largest absolute Gasteiger partial charge is 0.215 e. The van der Waals surface area contributed by atoms with E-state index in [1.54, 1.807) is 6.08 Å². The molecule has 0 aliphatic heterocycles. The Hall–Kier alpha value is -2.48. The number of rotatable bonds is 2. The molecule has 0 amide bonds. The number of nitrogens with zero attached hydrogens (tertiary/aromatic N) is 4. The molecule has 2 rings (SSSR count). The number of hydrogen-bond donors (Lipinski definition) is 1. The second-order valence-electron chi connectivity index (χ2n) is 2.82. The first kappa shape index (κ1) is 9.09. The number of hydrogen-bond acceptors (Lipinski definition) is 4. The molecule has 0 aliphatic rings. The maximum absolute atomic E-state index is 8.92. The predicted molar refractivity (Wildman–Crippen MR) is 54.1 cm³/mol. The summed E-state index contributed by atoms with van der Waals surface area (Å²) in [6, 6.07) is 11.5. The summed E-state index contributed by atoms with van der Waals surface area (Å²) in [6.07, 6.45) is 1.71. The molecule has 0 radical (unpaired) electrons. The van der Waals surface area contributed by atoms with E-state index in [9.17, 15) is 0 Å². The van der Waals surface area contributed by atoms with Crippen molar-refractivity contribution >= 4 is 11.6 Å². The van der Waals surface area contributed by atoms with Gasteiger partial charge in [-0.05, 0) is 16.9 Å². The van der Waals surface area contributed by atoms with Gasteiger partial charge in [-0.15, -0.1) is 10.2 Å². The van der Waals surface area contributed by atoms with Crippen molar-refractivity contribution in [2.45, 2.75) is 0 Å². The van der Waals surface area contributed by atoms with Crippen LogP contribution in [0, 0.1) is 11.3 Å². The molecule has 0 saturated carbocycles. The Morgan fingerprint density at radius 2 is 2.13 bits per heavy atom. The van der Waals surface area contributed by atoms with Crippen LogP contribution < -0.4 is 0 Å². The van der Waals surface area contributed by atoms with Crippen molar-refractivity contribution in [3.05, 3.63) is 41.7 Å². The molecule has 1 N–H and O–H groups in total. The third-order valence-electron chi connectivity index (χ3n) is 1.82. The molecule has 2 aromatic rings. The van der Waals surface area contributed by atoms with E-state index in [0.29, 0.717) is 11.4 Å². The fourth-order valence-corrected chi connectivity index (χ4v) is 1.14. The summed E-state index contributed by atoms with van der Waals surface area (Å²) in [5.41, 5.74) is 1.31. The first-order valence-corrected chi connectivity index (χ1v) is 4.31. The van der Waals surface area contributed by atoms with Crippen molar-refractivity contribution in [2.24, 2.45) is 0 Å². The summed E-state index contributed by atoms with van der Waals surface area (Å²) < 4.78 is 0. The van der Waals surface area contributed by atoms with Gasteiger partial charge in [0.2, 0.25) is 5.82 Å². The average molecular weight is 197 g/mol. The van der Waals surface area contributed by atoms with Crippen LogP contribution in [-0.2, 0) is 0 Å². The normalized spacial score (nSPS) is 11.0. The summed E-state index contributed by atoms with van der Waals surface area (Å²) >= 11 is 0. The highest BCUT2D eigenvalue weighted by Crippen LogP contribution is 2.12. The summed E-state index contributed by atoms with van der Waals surface area (Å²) in [5.74, 6) is 0.307. The van der Waals surface area contributed by atoms with E-state index in [0.717, 1.165) is 5.56 Å². The van der Waals surface area contributed by atoms with Gasteiger partial charge in [-0.1, -0.05) is 30.3 Å². The van der Waals surface area contributed by atoms with Crippen molar-refractivity contribution in [3.63, 3.8) is 0 Å². The van der Waals surface area contributed by atoms with Crippen molar-refractivity contribution < 1.29 is 0 Å². The summed E-state index contributed by atoms with van der Waals surface area (Å²) in [4.78, 5) is 0. The van der Waals surface area contributed by atoms with Crippen LogP contribution in [0.1, 0.15) is 11.4 Å². The lowest BCUT2D eigenvalue weighted by Crippen LogP contribution is -1.85. The van der Waals surface area contributed by atoms with Gasteiger partial charge in [-0.3, -0.25) is 0 Å². The number of nitrogens with one attached hydrogen (secondary N) is 1. The zero-order chi connectivity index (χ0) is 10.5. The third-order valence-corrected chi connectivity index (χ3v) is 1.82. The van der Waals surface area contributed by atoms with E-state index in [-0.39, 0.29) is 0 Å². The Kier molecular flexibility index (Phi) is 2.52. The number of allylic oxidation sites excluding steroid dienone is 1. The Morgan fingerprint density at radius 3 is 2.73 bits per heavy atom. The summed E-state index contributed by atoms with van der Waals surface area (Å²) in [6.45, 7) is 0. The molecule has 0 spiro atoms. The lowest BCUT2D eigenvalue weighted by atomic mass is 10.1. The van der Waals surface area contributed by atoms with Crippen LogP contribution in [0.25, 0.3) is 11.6 Å². The van der Waals surface area contributed by atoms with Crippen molar-refractivity contribution in [1.82, 2.24) is 20.6 Å². The Balaban J connectivity index is 2.37. The minimum atomic E-state index is 0.307. The molecule has 72 valence electrons. The molecule has 0 saturated heterocycles. The standard InChI is InChI=1S/C10H7N5/c11-7-9(10-12-14-15-13-10)6-8-4-2-1-3-5-8/h1-6H,(H,12,13,14,15)/b9-6+. The van der Waals surface area contributed by atoms with Crippen LogP contribution in [0.5, 0.6) is 0 Å². The number of aromatic amines is 1. The smallest absolute Gasteiger partial charge is 0.192 e. The summed E-state index contributed by atoms with van der Waals surface area (Å²) in [5, 5.41) is 22.1. The van der Waals surface area contributed by atoms with E-state index >= 15 is 0 Å². The maximum Gasteiger partial charge on any atom is 0.215 e. The zero-order valence-corrected chi connectivity index (χ0v) is 7.75. The lowest BCUT2D eigenvalue weighted by molar-refractivity contribution is 0.881. The van der Waals surface area contributed by atoms with Crippen LogP contribution in [0.3, 0.4) is 0 Å². The molecule has 0 bridgehead atoms. The summed E-state index contributed by atoms with van der Waals surface area (Å²) in [7, 11) is 0. The monoisotopic (exact) mass is 197 g/mol. The molecule has 5 heteroatoms. The van der Waals surface area contributed by atoms with E-state index in [1.807, 2.05) is 36.4 Å². The number of H-pyrrole nitrogens is 1. The number of tetrazole rings is 1. The van der Waals surface area contributed by atoms with Crippen LogP contribution in [0.4, 0.5) is 0 Å². The van der Waals surface area contributed by atoms with E-state index in [4.69, 9.17) is 5.26 Å². The fourth-order valence-electron chi connectivity index (χ4n) is 1.14. The van der Waals surface area contributed by atoms with Crippen LogP contribution in [-0.4, -0.2) is 20.6 Å². The van der Waals surface area contributed by atoms with Crippen LogP contribution >= 0.6 is 0 Å². The molecule has 1 heterocycles. The van der Waals surface area contributed by atoms with Gasteiger partial charge in [0.15, 0.2) is 0 Å². The van der Waals surface area contributed by atoms with Gasteiger partial charge in [0.1, 0.15) is 11.6 Å². The van der Waals surface area contributed by atoms with E-state index < -0.39 is 0 Å². The minimum Gasteiger partial charge on any atom is -0.192 e. The average Bonchev–Trinajstić information content (AvgIpc) is 2.81. The van der Waals surface area contributed by atoms with E-state index in [2.05, 4.69) is 20.6 Å². The third kappa shape index (κ3) is 2.06. The number of aromatic nitrogens is 4. The Morgan fingerprint density at radius 1 is 1.33 bits per heavy atom. The molecule has 5 nitrogen and oxygen atoms in total. The van der Waals surface area contributed by atoms with Crippen molar-refractivity contribution in [1.29, 1.82) is 5.26 Å². The van der Waals surface area contributed by atoms with Crippen LogP contribution in [0.15, 0.2) is 30.3 Å². The molecular weight excluding hydrogens is 190 g/mol. The number of benzene rings is 1. The molecule has 0 unspecified atom stereocenters. The van der Waals surface area contributed by atoms with Crippen molar-refractivity contribution in [2.75, 3.05) is 0 Å². The number of nitriles is 1. The highest BCUT2D eigenvalue weighted by Gasteiger charge is 2.04. The first-order valence-electron chi connectivity index (χ1n) is 4.31. The van der Waals surface area contributed by atoms with Gasteiger partial charge in [0.05, 0.1) is 0 Å².